The van der Waals surface area contributed by atoms with Crippen LogP contribution in [0.2, 0.25) is 0 Å². The predicted octanol–water partition coefficient (Wildman–Crippen LogP) is 3.86. The van der Waals surface area contributed by atoms with Crippen molar-refractivity contribution in [3.05, 3.63) is 88.6 Å². The molecule has 1 saturated heterocycles. The number of aromatic amines is 1. The van der Waals surface area contributed by atoms with Crippen LogP contribution in [0.1, 0.15) is 37.5 Å². The number of nitrogens with zero attached hydrogens (tertiary/aromatic N) is 4. The molecule has 3 N–H and O–H groups in total. The van der Waals surface area contributed by atoms with Crippen LogP contribution in [0.25, 0.3) is 23.1 Å². The van der Waals surface area contributed by atoms with E-state index in [1.807, 2.05) is 71.6 Å². The van der Waals surface area contributed by atoms with Crippen LogP contribution < -0.4 is 10.6 Å². The van der Waals surface area contributed by atoms with Crippen molar-refractivity contribution < 1.29 is 9.59 Å². The van der Waals surface area contributed by atoms with E-state index in [0.29, 0.717) is 42.1 Å². The highest BCUT2D eigenvalue weighted by Gasteiger charge is 2.32. The number of hydrogen-bond donors (Lipinski definition) is 2. The number of H-pyrrole nitrogens is 1. The fraction of sp³-hybridized carbons (Fsp3) is 0.207. The second-order valence-electron chi connectivity index (χ2n) is 9.63. The van der Waals surface area contributed by atoms with Gasteiger partial charge in [-0.2, -0.15) is 5.10 Å². The van der Waals surface area contributed by atoms with Gasteiger partial charge < -0.3 is 20.4 Å². The quantitative estimate of drug-likeness (QED) is 0.422. The van der Waals surface area contributed by atoms with E-state index in [9.17, 15) is 9.59 Å². The fourth-order valence-corrected chi connectivity index (χ4v) is 5.11. The van der Waals surface area contributed by atoms with Crippen molar-refractivity contribution in [3.8, 4) is 0 Å². The summed E-state index contributed by atoms with van der Waals surface area (Å²) < 4.78 is 0. The number of likely N-dealkylation sites (N-methyl/N-ethyl adjacent to an activating group) is 1. The number of rotatable bonds is 4. The maximum atomic E-state index is 13.5. The van der Waals surface area contributed by atoms with Crippen LogP contribution in [0, 0.1) is 0 Å². The summed E-state index contributed by atoms with van der Waals surface area (Å²) in [6.07, 6.45) is 3.88. The molecule has 1 fully saturated rings. The van der Waals surface area contributed by atoms with Gasteiger partial charge in [0.2, 0.25) is 0 Å². The summed E-state index contributed by atoms with van der Waals surface area (Å²) in [4.78, 5) is 32.7. The first kappa shape index (κ1) is 23.0. The Hall–Kier alpha value is -4.43. The number of benzene rings is 3. The number of aromatic nitrogens is 2. The van der Waals surface area contributed by atoms with Gasteiger partial charge in [0.15, 0.2) is 0 Å². The van der Waals surface area contributed by atoms with Crippen LogP contribution in [-0.2, 0) is 6.54 Å². The standard InChI is InChI=1S/C29H28N6O2/c1-33-13-15-34(16-14-33)28(36)20-10-9-19(11-12-25-22-6-2-3-8-24(22)31-32-25)26(17-20)35-18-21-5-4-7-23(30)27(21)29(35)37/h2-12,17H,13-16,18,30H2,1H3,(H,31,32). The number of nitrogen functional groups attached to an aromatic ring is 1. The normalized spacial score (nSPS) is 16.2. The SMILES string of the molecule is CN1CCN(C(=O)c2ccc(C=Cc3n[nH]c4ccccc34)c(N3Cc4cccc(N)c4C3=O)c2)CC1. The Labute approximate surface area is 215 Å². The zero-order chi connectivity index (χ0) is 25.5. The highest BCUT2D eigenvalue weighted by Crippen LogP contribution is 2.35. The Bertz CT molecular complexity index is 1550. The van der Waals surface area contributed by atoms with Crippen molar-refractivity contribution in [3.63, 3.8) is 0 Å². The van der Waals surface area contributed by atoms with Crippen LogP contribution in [0.3, 0.4) is 0 Å². The Kier molecular flexibility index (Phi) is 5.73. The average molecular weight is 493 g/mol. The van der Waals surface area contributed by atoms with Gasteiger partial charge >= 0.3 is 0 Å². The number of para-hydroxylation sites is 1. The lowest BCUT2D eigenvalue weighted by atomic mass is 10.0. The van der Waals surface area contributed by atoms with E-state index in [1.165, 1.54) is 0 Å². The highest BCUT2D eigenvalue weighted by molar-refractivity contribution is 6.14. The summed E-state index contributed by atoms with van der Waals surface area (Å²) in [5.74, 6) is -0.177. The van der Waals surface area contributed by atoms with E-state index in [2.05, 4.69) is 22.1 Å². The van der Waals surface area contributed by atoms with Gasteiger partial charge in [-0.25, -0.2) is 0 Å². The number of carbonyl (C=O) groups is 2. The smallest absolute Gasteiger partial charge is 0.261 e. The Morgan fingerprint density at radius 1 is 1.00 bits per heavy atom. The highest BCUT2D eigenvalue weighted by atomic mass is 16.2. The second kappa shape index (κ2) is 9.22. The molecule has 0 aliphatic carbocycles. The summed E-state index contributed by atoms with van der Waals surface area (Å²) in [6.45, 7) is 3.45. The number of nitrogens with two attached hydrogens (primary N) is 1. The monoisotopic (exact) mass is 492 g/mol. The van der Waals surface area contributed by atoms with Crippen molar-refractivity contribution in [1.82, 2.24) is 20.0 Å². The third kappa shape index (κ3) is 4.15. The summed E-state index contributed by atoms with van der Waals surface area (Å²) in [6, 6.07) is 19.1. The lowest BCUT2D eigenvalue weighted by Crippen LogP contribution is -2.47. The van der Waals surface area contributed by atoms with Gasteiger partial charge in [0.05, 0.1) is 29.0 Å². The van der Waals surface area contributed by atoms with E-state index in [0.717, 1.165) is 40.8 Å². The van der Waals surface area contributed by atoms with Crippen LogP contribution >= 0.6 is 0 Å². The lowest BCUT2D eigenvalue weighted by Gasteiger charge is -2.32. The van der Waals surface area contributed by atoms with Crippen molar-refractivity contribution in [2.75, 3.05) is 43.9 Å². The molecule has 186 valence electrons. The summed E-state index contributed by atoms with van der Waals surface area (Å²) in [7, 11) is 2.06. The molecule has 0 spiro atoms. The summed E-state index contributed by atoms with van der Waals surface area (Å²) in [5, 5.41) is 8.50. The molecular weight excluding hydrogens is 464 g/mol. The first-order valence-corrected chi connectivity index (χ1v) is 12.4. The largest absolute Gasteiger partial charge is 0.398 e. The minimum atomic E-state index is -0.155. The molecule has 8 nitrogen and oxygen atoms in total. The van der Waals surface area contributed by atoms with Gasteiger partial charge in [0, 0.05) is 42.8 Å². The molecule has 2 aliphatic heterocycles. The van der Waals surface area contributed by atoms with Crippen molar-refractivity contribution in [1.29, 1.82) is 0 Å². The Morgan fingerprint density at radius 2 is 1.81 bits per heavy atom. The molecule has 0 radical (unpaired) electrons. The van der Waals surface area contributed by atoms with E-state index < -0.39 is 0 Å². The van der Waals surface area contributed by atoms with Gasteiger partial charge in [-0.05, 0) is 48.5 Å². The molecule has 3 aromatic carbocycles. The fourth-order valence-electron chi connectivity index (χ4n) is 5.11. The van der Waals surface area contributed by atoms with E-state index in [4.69, 9.17) is 5.73 Å². The number of piperazine rings is 1. The van der Waals surface area contributed by atoms with E-state index in [-0.39, 0.29) is 11.8 Å². The molecular formula is C29H28N6O2. The zero-order valence-electron chi connectivity index (χ0n) is 20.6. The minimum Gasteiger partial charge on any atom is -0.398 e. The number of fused-ring (bicyclic) bond motifs is 2. The van der Waals surface area contributed by atoms with Gasteiger partial charge in [-0.15, -0.1) is 0 Å². The molecule has 0 atom stereocenters. The van der Waals surface area contributed by atoms with Crippen molar-refractivity contribution >= 4 is 46.2 Å². The molecule has 0 saturated carbocycles. The third-order valence-electron chi connectivity index (χ3n) is 7.25. The Balaban J connectivity index is 1.39. The molecule has 4 aromatic rings. The molecule has 1 aromatic heterocycles. The number of anilines is 2. The number of hydrogen-bond acceptors (Lipinski definition) is 5. The molecule has 6 rings (SSSR count). The van der Waals surface area contributed by atoms with Crippen molar-refractivity contribution in [2.45, 2.75) is 6.54 Å². The molecule has 2 amide bonds. The topological polar surface area (TPSA) is 98.6 Å². The van der Waals surface area contributed by atoms with Crippen LogP contribution in [0.5, 0.6) is 0 Å². The number of carbonyl (C=O) groups excluding carboxylic acids is 2. The molecule has 37 heavy (non-hydrogen) atoms. The first-order valence-electron chi connectivity index (χ1n) is 12.4. The van der Waals surface area contributed by atoms with Gasteiger partial charge in [0.1, 0.15) is 0 Å². The molecule has 8 heteroatoms. The van der Waals surface area contributed by atoms with Crippen LogP contribution in [0.4, 0.5) is 11.4 Å². The van der Waals surface area contributed by atoms with Crippen LogP contribution in [0.15, 0.2) is 60.7 Å². The van der Waals surface area contributed by atoms with Crippen molar-refractivity contribution in [2.24, 2.45) is 0 Å². The number of amides is 2. The van der Waals surface area contributed by atoms with Gasteiger partial charge in [-0.3, -0.25) is 14.7 Å². The summed E-state index contributed by atoms with van der Waals surface area (Å²) in [5.41, 5.74) is 11.9. The van der Waals surface area contributed by atoms with Gasteiger partial charge in [0.25, 0.3) is 11.8 Å². The Morgan fingerprint density at radius 3 is 2.62 bits per heavy atom. The average Bonchev–Trinajstić information content (AvgIpc) is 3.49. The van der Waals surface area contributed by atoms with E-state index >= 15 is 0 Å². The minimum absolute atomic E-state index is 0.0214. The second-order valence-corrected chi connectivity index (χ2v) is 9.63. The zero-order valence-corrected chi connectivity index (χ0v) is 20.6. The molecule has 2 aliphatic rings. The maximum Gasteiger partial charge on any atom is 0.261 e. The maximum absolute atomic E-state index is 13.5. The van der Waals surface area contributed by atoms with E-state index in [1.54, 1.807) is 11.0 Å². The molecule has 0 bridgehead atoms. The van der Waals surface area contributed by atoms with Gasteiger partial charge in [-0.1, -0.05) is 42.5 Å². The predicted molar refractivity (Wildman–Crippen MR) is 146 cm³/mol. The summed E-state index contributed by atoms with van der Waals surface area (Å²) >= 11 is 0. The lowest BCUT2D eigenvalue weighted by molar-refractivity contribution is 0.0664. The third-order valence-corrected chi connectivity index (χ3v) is 7.25. The first-order chi connectivity index (χ1) is 18.0. The molecule has 0 unspecified atom stereocenters. The molecule has 3 heterocycles. The van der Waals surface area contributed by atoms with Crippen LogP contribution in [-0.4, -0.2) is 65.0 Å². The number of nitrogens with one attached hydrogen (secondary N) is 1.